The quantitative estimate of drug-likeness (QED) is 0.773. The number of aromatic nitrogens is 1. The third-order valence-corrected chi connectivity index (χ3v) is 3.24. The first-order chi connectivity index (χ1) is 11.8. The molecule has 0 radical (unpaired) electrons. The molecule has 0 aliphatic heterocycles. The summed E-state index contributed by atoms with van der Waals surface area (Å²) in [6.07, 6.45) is -3.23. The average Bonchev–Trinajstić information content (AvgIpc) is 2.54. The van der Waals surface area contributed by atoms with Crippen LogP contribution in [-0.2, 0) is 0 Å². The van der Waals surface area contributed by atoms with Crippen LogP contribution in [0.25, 0.3) is 10.8 Å². The summed E-state index contributed by atoms with van der Waals surface area (Å²) < 4.78 is 45.8. The monoisotopic (exact) mass is 348 g/mol. The summed E-state index contributed by atoms with van der Waals surface area (Å²) in [5.74, 6) is -0.208. The Labute approximate surface area is 139 Å². The van der Waals surface area contributed by atoms with Gasteiger partial charge in [0.1, 0.15) is 22.9 Å². The van der Waals surface area contributed by atoms with E-state index in [0.29, 0.717) is 16.9 Å². The summed E-state index contributed by atoms with van der Waals surface area (Å²) in [5.41, 5.74) is 5.32. The summed E-state index contributed by atoms with van der Waals surface area (Å²) >= 11 is 0. The number of carbonyl (C=O) groups is 1. The second-order valence-corrected chi connectivity index (χ2v) is 5.06. The molecular formula is C17H11F3N2O3. The first kappa shape index (κ1) is 16.6. The summed E-state index contributed by atoms with van der Waals surface area (Å²) in [4.78, 5) is 15.1. The number of amides is 1. The molecular weight excluding hydrogens is 337 g/mol. The predicted molar refractivity (Wildman–Crippen MR) is 83.5 cm³/mol. The van der Waals surface area contributed by atoms with Crippen molar-refractivity contribution >= 4 is 16.7 Å². The number of hydrogen-bond donors (Lipinski definition) is 1. The number of ether oxygens (including phenoxy) is 2. The first-order valence-corrected chi connectivity index (χ1v) is 7.03. The highest BCUT2D eigenvalue weighted by molar-refractivity contribution is 5.95. The van der Waals surface area contributed by atoms with E-state index in [-0.39, 0.29) is 11.4 Å². The van der Waals surface area contributed by atoms with E-state index in [1.54, 1.807) is 18.2 Å². The molecule has 1 heterocycles. The summed E-state index contributed by atoms with van der Waals surface area (Å²) in [5, 5.41) is 1.48. The van der Waals surface area contributed by atoms with Gasteiger partial charge >= 0.3 is 6.36 Å². The molecule has 25 heavy (non-hydrogen) atoms. The molecule has 3 rings (SSSR count). The lowest BCUT2D eigenvalue weighted by atomic mass is 10.1. The lowest BCUT2D eigenvalue weighted by Gasteiger charge is -2.10. The molecule has 0 spiro atoms. The zero-order valence-electron chi connectivity index (χ0n) is 12.6. The maximum absolute atomic E-state index is 12.1. The standard InChI is InChI=1S/C17H11F3N2O3/c18-17(19,20)25-13-5-3-12(4-6-13)24-14-2-1-10-9-22-15(16(21)23)8-11(10)7-14/h1-9H,(H2,21,23). The molecule has 0 atom stereocenters. The number of carbonyl (C=O) groups excluding carboxylic acids is 1. The number of nitrogens with two attached hydrogens (primary N) is 1. The number of pyridine rings is 1. The fourth-order valence-corrected chi connectivity index (χ4v) is 2.16. The SMILES string of the molecule is NC(=O)c1cc2cc(Oc3ccc(OC(F)(F)F)cc3)ccc2cn1. The van der Waals surface area contributed by atoms with Crippen LogP contribution in [0.1, 0.15) is 10.5 Å². The smallest absolute Gasteiger partial charge is 0.457 e. The second-order valence-electron chi connectivity index (χ2n) is 5.06. The fraction of sp³-hybridized carbons (Fsp3) is 0.0588. The van der Waals surface area contributed by atoms with E-state index < -0.39 is 12.3 Å². The van der Waals surface area contributed by atoms with Crippen LogP contribution in [0.15, 0.2) is 54.7 Å². The van der Waals surface area contributed by atoms with Crippen molar-refractivity contribution in [2.75, 3.05) is 0 Å². The molecule has 128 valence electrons. The molecule has 5 nitrogen and oxygen atoms in total. The zero-order valence-corrected chi connectivity index (χ0v) is 12.6. The Hall–Kier alpha value is -3.29. The van der Waals surface area contributed by atoms with Crippen LogP contribution in [0.3, 0.4) is 0 Å². The summed E-state index contributed by atoms with van der Waals surface area (Å²) in [7, 11) is 0. The Morgan fingerprint density at radius 1 is 0.920 bits per heavy atom. The largest absolute Gasteiger partial charge is 0.573 e. The van der Waals surface area contributed by atoms with Gasteiger partial charge in [-0.15, -0.1) is 13.2 Å². The number of rotatable bonds is 4. The van der Waals surface area contributed by atoms with Gasteiger partial charge in [-0.2, -0.15) is 0 Å². The van der Waals surface area contributed by atoms with Crippen LogP contribution in [0.2, 0.25) is 0 Å². The van der Waals surface area contributed by atoms with Gasteiger partial charge in [-0.1, -0.05) is 0 Å². The number of hydrogen-bond acceptors (Lipinski definition) is 4. The van der Waals surface area contributed by atoms with E-state index in [4.69, 9.17) is 10.5 Å². The molecule has 0 unspecified atom stereocenters. The lowest BCUT2D eigenvalue weighted by molar-refractivity contribution is -0.274. The summed E-state index contributed by atoms with van der Waals surface area (Å²) in [6, 6.07) is 11.6. The van der Waals surface area contributed by atoms with Gasteiger partial charge in [-0.05, 0) is 53.9 Å². The van der Waals surface area contributed by atoms with Gasteiger partial charge in [0.2, 0.25) is 0 Å². The number of primary amides is 1. The van der Waals surface area contributed by atoms with E-state index in [0.717, 1.165) is 17.5 Å². The molecule has 3 aromatic rings. The Balaban J connectivity index is 1.81. The molecule has 0 bridgehead atoms. The Bertz CT molecular complexity index is 925. The van der Waals surface area contributed by atoms with Gasteiger partial charge < -0.3 is 15.2 Å². The highest BCUT2D eigenvalue weighted by Gasteiger charge is 2.30. The number of nitrogens with zero attached hydrogens (tertiary/aromatic N) is 1. The van der Waals surface area contributed by atoms with Crippen molar-refractivity contribution in [1.29, 1.82) is 0 Å². The van der Waals surface area contributed by atoms with Crippen molar-refractivity contribution in [2.45, 2.75) is 6.36 Å². The molecule has 1 aromatic heterocycles. The minimum Gasteiger partial charge on any atom is -0.457 e. The normalized spacial score (nSPS) is 11.3. The van der Waals surface area contributed by atoms with Crippen LogP contribution >= 0.6 is 0 Å². The van der Waals surface area contributed by atoms with Gasteiger partial charge in [-0.25, -0.2) is 0 Å². The molecule has 1 amide bonds. The van der Waals surface area contributed by atoms with Crippen LogP contribution in [0, 0.1) is 0 Å². The predicted octanol–water partition coefficient (Wildman–Crippen LogP) is 4.02. The number of benzene rings is 2. The molecule has 2 N–H and O–H groups in total. The summed E-state index contributed by atoms with van der Waals surface area (Å²) in [6.45, 7) is 0. The molecule has 2 aromatic carbocycles. The third kappa shape index (κ3) is 4.17. The van der Waals surface area contributed by atoms with E-state index in [1.165, 1.54) is 24.4 Å². The van der Waals surface area contributed by atoms with Gasteiger partial charge in [0.25, 0.3) is 5.91 Å². The van der Waals surface area contributed by atoms with Gasteiger partial charge in [-0.3, -0.25) is 9.78 Å². The van der Waals surface area contributed by atoms with E-state index in [2.05, 4.69) is 9.72 Å². The Morgan fingerprint density at radius 3 is 2.20 bits per heavy atom. The minimum absolute atomic E-state index is 0.123. The highest BCUT2D eigenvalue weighted by Crippen LogP contribution is 2.29. The van der Waals surface area contributed by atoms with Gasteiger partial charge in [0.05, 0.1) is 0 Å². The molecule has 8 heteroatoms. The van der Waals surface area contributed by atoms with Crippen molar-refractivity contribution in [3.63, 3.8) is 0 Å². The van der Waals surface area contributed by atoms with E-state index >= 15 is 0 Å². The molecule has 0 fully saturated rings. The highest BCUT2D eigenvalue weighted by atomic mass is 19.4. The average molecular weight is 348 g/mol. The van der Waals surface area contributed by atoms with E-state index in [9.17, 15) is 18.0 Å². The van der Waals surface area contributed by atoms with Crippen molar-refractivity contribution in [3.8, 4) is 17.2 Å². The minimum atomic E-state index is -4.74. The molecule has 0 aliphatic carbocycles. The van der Waals surface area contributed by atoms with Crippen LogP contribution in [0.5, 0.6) is 17.2 Å². The van der Waals surface area contributed by atoms with Crippen molar-refractivity contribution in [1.82, 2.24) is 4.98 Å². The van der Waals surface area contributed by atoms with Crippen molar-refractivity contribution < 1.29 is 27.4 Å². The molecule has 0 saturated heterocycles. The second kappa shape index (κ2) is 6.31. The third-order valence-electron chi connectivity index (χ3n) is 3.24. The molecule has 0 aliphatic rings. The topological polar surface area (TPSA) is 74.4 Å². The maximum atomic E-state index is 12.1. The zero-order chi connectivity index (χ0) is 18.0. The first-order valence-electron chi connectivity index (χ1n) is 7.03. The van der Waals surface area contributed by atoms with Crippen LogP contribution < -0.4 is 15.2 Å². The van der Waals surface area contributed by atoms with Crippen LogP contribution in [0.4, 0.5) is 13.2 Å². The van der Waals surface area contributed by atoms with Crippen molar-refractivity contribution in [2.24, 2.45) is 5.73 Å². The van der Waals surface area contributed by atoms with Crippen LogP contribution in [-0.4, -0.2) is 17.3 Å². The van der Waals surface area contributed by atoms with Gasteiger partial charge in [0.15, 0.2) is 0 Å². The Kier molecular flexibility index (Phi) is 4.18. The van der Waals surface area contributed by atoms with Crippen molar-refractivity contribution in [3.05, 3.63) is 60.4 Å². The Morgan fingerprint density at radius 2 is 1.56 bits per heavy atom. The number of fused-ring (bicyclic) bond motifs is 1. The van der Waals surface area contributed by atoms with Gasteiger partial charge in [0, 0.05) is 11.6 Å². The maximum Gasteiger partial charge on any atom is 0.573 e. The lowest BCUT2D eigenvalue weighted by Crippen LogP contribution is -2.16. The number of alkyl halides is 3. The molecule has 0 saturated carbocycles. The number of halogens is 3. The fourth-order valence-electron chi connectivity index (χ4n) is 2.16. The van der Waals surface area contributed by atoms with E-state index in [1.807, 2.05) is 0 Å².